The van der Waals surface area contributed by atoms with E-state index >= 15 is 0 Å². The predicted molar refractivity (Wildman–Crippen MR) is 126 cm³/mol. The minimum absolute atomic E-state index is 0.0404. The van der Waals surface area contributed by atoms with E-state index in [0.717, 1.165) is 26.6 Å². The summed E-state index contributed by atoms with van der Waals surface area (Å²) in [6, 6.07) is 13.7. The summed E-state index contributed by atoms with van der Waals surface area (Å²) < 4.78 is 48.2. The molecule has 0 aromatic heterocycles. The Morgan fingerprint density at radius 1 is 1.06 bits per heavy atom. The average Bonchev–Trinajstić information content (AvgIpc) is 2.82. The molecule has 2 aromatic carbocycles. The van der Waals surface area contributed by atoms with Gasteiger partial charge in [0, 0.05) is 38.2 Å². The molecular formula is C27H33F3N2O2. The normalized spacial score (nSPS) is 22.4. The third-order valence-corrected chi connectivity index (χ3v) is 7.93. The van der Waals surface area contributed by atoms with Crippen molar-refractivity contribution in [3.8, 4) is 0 Å². The third-order valence-electron chi connectivity index (χ3n) is 7.93. The molecule has 7 heteroatoms. The molecule has 1 N–H and O–H groups in total. The maximum atomic E-state index is 14.4. The van der Waals surface area contributed by atoms with E-state index in [2.05, 4.69) is 37.4 Å². The van der Waals surface area contributed by atoms with Crippen LogP contribution in [-0.2, 0) is 15.1 Å². The van der Waals surface area contributed by atoms with Gasteiger partial charge in [0.15, 0.2) is 0 Å². The first-order valence-electron chi connectivity index (χ1n) is 11.9. The molecule has 0 radical (unpaired) electrons. The van der Waals surface area contributed by atoms with Crippen molar-refractivity contribution in [3.63, 3.8) is 0 Å². The zero-order valence-corrected chi connectivity index (χ0v) is 20.0. The fourth-order valence-corrected chi connectivity index (χ4v) is 5.93. The van der Waals surface area contributed by atoms with E-state index in [-0.39, 0.29) is 30.0 Å². The minimum atomic E-state index is -4.88. The number of rotatable bonds is 4. The van der Waals surface area contributed by atoms with Crippen LogP contribution in [0.1, 0.15) is 47.4 Å². The highest BCUT2D eigenvalue weighted by Crippen LogP contribution is 2.50. The van der Waals surface area contributed by atoms with Crippen molar-refractivity contribution in [1.82, 2.24) is 10.2 Å². The Bertz CT molecular complexity index is 1020. The number of nitrogens with zero attached hydrogens (tertiary/aromatic N) is 1. The van der Waals surface area contributed by atoms with Crippen LogP contribution in [0.5, 0.6) is 0 Å². The van der Waals surface area contributed by atoms with Gasteiger partial charge in [0.2, 0.25) is 0 Å². The van der Waals surface area contributed by atoms with Crippen molar-refractivity contribution in [3.05, 3.63) is 70.8 Å². The molecule has 2 saturated heterocycles. The van der Waals surface area contributed by atoms with Gasteiger partial charge < -0.3 is 15.0 Å². The van der Waals surface area contributed by atoms with E-state index in [4.69, 9.17) is 4.74 Å². The van der Waals surface area contributed by atoms with Crippen molar-refractivity contribution in [2.75, 3.05) is 33.3 Å². The highest BCUT2D eigenvalue weighted by Gasteiger charge is 2.64. The molecule has 2 aliphatic rings. The van der Waals surface area contributed by atoms with E-state index in [1.807, 2.05) is 0 Å². The number of methoxy groups -OCH3 is 1. The number of piperidine rings is 2. The van der Waals surface area contributed by atoms with Gasteiger partial charge in [-0.1, -0.05) is 54.1 Å². The fraction of sp³-hybridized carbons (Fsp3) is 0.519. The van der Waals surface area contributed by atoms with Gasteiger partial charge in [-0.2, -0.15) is 13.2 Å². The number of halogens is 3. The highest BCUT2D eigenvalue weighted by molar-refractivity contribution is 5.88. The lowest BCUT2D eigenvalue weighted by Gasteiger charge is -2.51. The van der Waals surface area contributed by atoms with Crippen molar-refractivity contribution in [2.45, 2.75) is 50.8 Å². The van der Waals surface area contributed by atoms with E-state index in [0.29, 0.717) is 12.8 Å². The number of ether oxygens (including phenoxy) is 1. The van der Waals surface area contributed by atoms with E-state index in [9.17, 15) is 18.0 Å². The third kappa shape index (κ3) is 4.13. The maximum absolute atomic E-state index is 14.4. The second kappa shape index (κ2) is 9.34. The molecule has 0 bridgehead atoms. The molecule has 0 aliphatic carbocycles. The molecule has 0 saturated carbocycles. The zero-order chi connectivity index (χ0) is 24.6. The lowest BCUT2D eigenvalue weighted by molar-refractivity contribution is -0.271. The highest BCUT2D eigenvalue weighted by atomic mass is 19.4. The van der Waals surface area contributed by atoms with Crippen LogP contribution in [-0.4, -0.2) is 50.3 Å². The zero-order valence-electron chi connectivity index (χ0n) is 20.0. The smallest absolute Gasteiger partial charge is 0.356 e. The molecule has 2 aliphatic heterocycles. The molecule has 184 valence electrons. The summed E-state index contributed by atoms with van der Waals surface area (Å²) in [7, 11) is 0.965. The topological polar surface area (TPSA) is 41.6 Å². The van der Waals surface area contributed by atoms with Gasteiger partial charge in [0.1, 0.15) is 0 Å². The number of hydrogen-bond acceptors (Lipinski definition) is 3. The van der Waals surface area contributed by atoms with Gasteiger partial charge in [-0.15, -0.1) is 0 Å². The number of amides is 1. The molecule has 2 heterocycles. The summed E-state index contributed by atoms with van der Waals surface area (Å²) in [6.45, 7) is 6.49. The maximum Gasteiger partial charge on any atom is 0.430 e. The van der Waals surface area contributed by atoms with E-state index in [1.165, 1.54) is 45.9 Å². The molecular weight excluding hydrogens is 441 g/mol. The lowest BCUT2D eigenvalue weighted by Crippen LogP contribution is -2.59. The number of likely N-dealkylation sites (tertiary alicyclic amines) is 1. The second-order valence-corrected chi connectivity index (χ2v) is 9.77. The Morgan fingerprint density at radius 3 is 2.35 bits per heavy atom. The summed E-state index contributed by atoms with van der Waals surface area (Å²) in [5, 5.41) is 3.51. The molecule has 2 atom stereocenters. The monoisotopic (exact) mass is 474 g/mol. The van der Waals surface area contributed by atoms with Crippen LogP contribution in [0.25, 0.3) is 0 Å². The number of nitrogens with one attached hydrogen (secondary N) is 1. The molecule has 2 fully saturated rings. The fourth-order valence-electron chi connectivity index (χ4n) is 5.93. The standard InChI is InChI=1S/C27H33F3N2O2/c1-19-9-10-20(2)22(17-19)23-18-31-14-11-25(23)12-15-32(16-13-25)24(33)26(34-3,27(28,29)30)21-7-5-4-6-8-21/h4-10,17,23,31H,11-16,18H2,1-3H3/t23-,26+/m0/s1. The molecule has 34 heavy (non-hydrogen) atoms. The molecule has 1 amide bonds. The van der Waals surface area contributed by atoms with Gasteiger partial charge in [0.05, 0.1) is 0 Å². The molecule has 0 unspecified atom stereocenters. The number of alkyl halides is 3. The number of carbonyl (C=O) groups is 1. The summed E-state index contributed by atoms with van der Waals surface area (Å²) in [5.41, 5.74) is 0.507. The summed E-state index contributed by atoms with van der Waals surface area (Å²) >= 11 is 0. The first-order valence-corrected chi connectivity index (χ1v) is 11.9. The minimum Gasteiger partial charge on any atom is -0.356 e. The van der Waals surface area contributed by atoms with Crippen molar-refractivity contribution < 1.29 is 22.7 Å². The first kappa shape index (κ1) is 24.7. The SMILES string of the molecule is CO[C@@](C(=O)N1CCC2(CCNC[C@H]2c2cc(C)ccc2C)CC1)(c1ccccc1)C(F)(F)F. The van der Waals surface area contributed by atoms with Crippen LogP contribution < -0.4 is 5.32 Å². The van der Waals surface area contributed by atoms with Crippen LogP contribution in [0.2, 0.25) is 0 Å². The van der Waals surface area contributed by atoms with E-state index < -0.39 is 17.7 Å². The van der Waals surface area contributed by atoms with Gasteiger partial charge in [-0.3, -0.25) is 4.79 Å². The second-order valence-electron chi connectivity index (χ2n) is 9.77. The Labute approximate surface area is 199 Å². The number of carbonyl (C=O) groups excluding carboxylic acids is 1. The Hall–Kier alpha value is -2.38. The van der Waals surface area contributed by atoms with Gasteiger partial charge in [0.25, 0.3) is 11.5 Å². The quantitative estimate of drug-likeness (QED) is 0.671. The Kier molecular flexibility index (Phi) is 6.80. The van der Waals surface area contributed by atoms with Crippen LogP contribution in [0.3, 0.4) is 0 Å². The molecule has 4 rings (SSSR count). The molecule has 1 spiro atoms. The lowest BCUT2D eigenvalue weighted by atomic mass is 9.62. The number of hydrogen-bond donors (Lipinski definition) is 1. The average molecular weight is 475 g/mol. The summed E-state index contributed by atoms with van der Waals surface area (Å²) in [6.07, 6.45) is -2.60. The van der Waals surface area contributed by atoms with Gasteiger partial charge in [-0.25, -0.2) is 0 Å². The number of aryl methyl sites for hydroxylation is 2. The summed E-state index contributed by atoms with van der Waals surface area (Å²) in [5.74, 6) is -0.761. The Balaban J connectivity index is 1.62. The van der Waals surface area contributed by atoms with Crippen molar-refractivity contribution >= 4 is 5.91 Å². The van der Waals surface area contributed by atoms with Gasteiger partial charge in [-0.05, 0) is 56.2 Å². The molecule has 2 aromatic rings. The van der Waals surface area contributed by atoms with Crippen molar-refractivity contribution in [1.29, 1.82) is 0 Å². The Morgan fingerprint density at radius 2 is 1.74 bits per heavy atom. The van der Waals surface area contributed by atoms with Crippen LogP contribution >= 0.6 is 0 Å². The molecule has 4 nitrogen and oxygen atoms in total. The van der Waals surface area contributed by atoms with E-state index in [1.54, 1.807) is 6.07 Å². The van der Waals surface area contributed by atoms with Crippen molar-refractivity contribution in [2.24, 2.45) is 5.41 Å². The largest absolute Gasteiger partial charge is 0.430 e. The van der Waals surface area contributed by atoms with Crippen LogP contribution in [0.4, 0.5) is 13.2 Å². The predicted octanol–water partition coefficient (Wildman–Crippen LogP) is 5.09. The van der Waals surface area contributed by atoms with Gasteiger partial charge >= 0.3 is 6.18 Å². The van der Waals surface area contributed by atoms with Crippen LogP contribution in [0.15, 0.2) is 48.5 Å². The number of benzene rings is 2. The first-order chi connectivity index (χ1) is 16.1. The summed E-state index contributed by atoms with van der Waals surface area (Å²) in [4.78, 5) is 14.8. The van der Waals surface area contributed by atoms with Crippen LogP contribution in [0, 0.1) is 19.3 Å².